The molecule has 0 radical (unpaired) electrons. The van der Waals surface area contributed by atoms with Gasteiger partial charge in [0.15, 0.2) is 0 Å². The lowest BCUT2D eigenvalue weighted by Gasteiger charge is -2.24. The van der Waals surface area contributed by atoms with Crippen LogP contribution in [-0.4, -0.2) is 19.7 Å². The molecule has 0 amide bonds. The Morgan fingerprint density at radius 2 is 2.25 bits per heavy atom. The normalized spacial score (nSPS) is 11.9. The summed E-state index contributed by atoms with van der Waals surface area (Å²) in [5.74, 6) is 0. The average Bonchev–Trinajstić information content (AvgIpc) is 2.70. The highest BCUT2D eigenvalue weighted by molar-refractivity contribution is 7.09. The average molecular weight is 241 g/mol. The van der Waals surface area contributed by atoms with Crippen LogP contribution < -0.4 is 5.32 Å². The van der Waals surface area contributed by atoms with Gasteiger partial charge in [0.1, 0.15) is 0 Å². The lowest BCUT2D eigenvalue weighted by Crippen LogP contribution is -2.33. The standard InChI is InChI=1S/C13H23NOS/c1-4-7-14-10-13(2,3)11-15-9-12-6-5-8-16-12/h5-6,8,14H,4,7,9-11H2,1-3H3. The minimum atomic E-state index is 0.215. The zero-order valence-corrected chi connectivity index (χ0v) is 11.4. The molecule has 16 heavy (non-hydrogen) atoms. The van der Waals surface area contributed by atoms with E-state index in [1.54, 1.807) is 11.3 Å². The Labute approximate surface area is 103 Å². The Balaban J connectivity index is 2.14. The molecule has 0 aliphatic carbocycles. The number of hydrogen-bond donors (Lipinski definition) is 1. The third kappa shape index (κ3) is 5.64. The van der Waals surface area contributed by atoms with Gasteiger partial charge in [-0.1, -0.05) is 26.8 Å². The van der Waals surface area contributed by atoms with Gasteiger partial charge in [0.2, 0.25) is 0 Å². The predicted molar refractivity (Wildman–Crippen MR) is 70.9 cm³/mol. The van der Waals surface area contributed by atoms with Crippen molar-refractivity contribution in [2.24, 2.45) is 5.41 Å². The number of rotatable bonds is 8. The van der Waals surface area contributed by atoms with Gasteiger partial charge in [0.05, 0.1) is 13.2 Å². The van der Waals surface area contributed by atoms with E-state index in [0.29, 0.717) is 0 Å². The van der Waals surface area contributed by atoms with Crippen molar-refractivity contribution in [2.75, 3.05) is 19.7 Å². The molecule has 1 aromatic heterocycles. The summed E-state index contributed by atoms with van der Waals surface area (Å²) >= 11 is 1.75. The van der Waals surface area contributed by atoms with Crippen LogP contribution in [0.1, 0.15) is 32.1 Å². The molecule has 0 atom stereocenters. The van der Waals surface area contributed by atoms with Crippen molar-refractivity contribution in [3.8, 4) is 0 Å². The van der Waals surface area contributed by atoms with Crippen LogP contribution in [0.3, 0.4) is 0 Å². The van der Waals surface area contributed by atoms with Crippen molar-refractivity contribution < 1.29 is 4.74 Å². The first-order chi connectivity index (χ1) is 7.64. The molecule has 0 saturated carbocycles. The maximum absolute atomic E-state index is 5.74. The first-order valence-electron chi connectivity index (χ1n) is 5.95. The van der Waals surface area contributed by atoms with E-state index < -0.39 is 0 Å². The summed E-state index contributed by atoms with van der Waals surface area (Å²) in [4.78, 5) is 1.30. The highest BCUT2D eigenvalue weighted by Crippen LogP contribution is 2.16. The topological polar surface area (TPSA) is 21.3 Å². The quantitative estimate of drug-likeness (QED) is 0.705. The Morgan fingerprint density at radius 1 is 1.44 bits per heavy atom. The van der Waals surface area contributed by atoms with Gasteiger partial charge in [0, 0.05) is 16.8 Å². The van der Waals surface area contributed by atoms with Crippen molar-refractivity contribution in [3.05, 3.63) is 22.4 Å². The molecule has 0 aromatic carbocycles. The summed E-state index contributed by atoms with van der Waals surface area (Å²) in [5.41, 5.74) is 0.215. The van der Waals surface area contributed by atoms with Gasteiger partial charge in [-0.3, -0.25) is 0 Å². The smallest absolute Gasteiger partial charge is 0.0809 e. The first-order valence-corrected chi connectivity index (χ1v) is 6.83. The molecule has 0 aliphatic rings. The number of hydrogen-bond acceptors (Lipinski definition) is 3. The van der Waals surface area contributed by atoms with Gasteiger partial charge in [-0.15, -0.1) is 11.3 Å². The van der Waals surface area contributed by atoms with E-state index in [-0.39, 0.29) is 5.41 Å². The summed E-state index contributed by atoms with van der Waals surface area (Å²) < 4.78 is 5.74. The Kier molecular flexibility index (Phi) is 6.03. The minimum Gasteiger partial charge on any atom is -0.375 e. The van der Waals surface area contributed by atoms with Crippen LogP contribution >= 0.6 is 11.3 Å². The molecule has 2 nitrogen and oxygen atoms in total. The molecular formula is C13H23NOS. The lowest BCUT2D eigenvalue weighted by atomic mass is 9.95. The van der Waals surface area contributed by atoms with Crippen LogP contribution in [0.25, 0.3) is 0 Å². The Hall–Kier alpha value is -0.380. The van der Waals surface area contributed by atoms with Crippen LogP contribution in [0.5, 0.6) is 0 Å². The van der Waals surface area contributed by atoms with Gasteiger partial charge in [-0.2, -0.15) is 0 Å². The van der Waals surface area contributed by atoms with Crippen LogP contribution in [0, 0.1) is 5.41 Å². The summed E-state index contributed by atoms with van der Waals surface area (Å²) in [5, 5.41) is 5.53. The maximum Gasteiger partial charge on any atom is 0.0809 e. The molecule has 3 heteroatoms. The molecule has 0 fully saturated rings. The molecule has 1 heterocycles. The van der Waals surface area contributed by atoms with E-state index in [9.17, 15) is 0 Å². The van der Waals surface area contributed by atoms with E-state index in [0.717, 1.165) is 26.3 Å². The number of nitrogens with one attached hydrogen (secondary N) is 1. The second kappa shape index (κ2) is 7.05. The molecule has 0 spiro atoms. The van der Waals surface area contributed by atoms with Crippen molar-refractivity contribution >= 4 is 11.3 Å². The van der Waals surface area contributed by atoms with E-state index in [2.05, 4.69) is 43.6 Å². The minimum absolute atomic E-state index is 0.215. The van der Waals surface area contributed by atoms with Crippen molar-refractivity contribution in [1.82, 2.24) is 5.32 Å². The van der Waals surface area contributed by atoms with Gasteiger partial charge in [-0.05, 0) is 24.4 Å². The van der Waals surface area contributed by atoms with Crippen LogP contribution in [0.2, 0.25) is 0 Å². The summed E-state index contributed by atoms with van der Waals surface area (Å²) in [6, 6.07) is 4.18. The van der Waals surface area contributed by atoms with Crippen LogP contribution in [0.4, 0.5) is 0 Å². The monoisotopic (exact) mass is 241 g/mol. The SMILES string of the molecule is CCCNCC(C)(C)COCc1cccs1. The van der Waals surface area contributed by atoms with E-state index >= 15 is 0 Å². The zero-order valence-electron chi connectivity index (χ0n) is 10.6. The van der Waals surface area contributed by atoms with E-state index in [4.69, 9.17) is 4.74 Å². The molecule has 0 saturated heterocycles. The Bertz CT molecular complexity index is 269. The molecule has 0 aliphatic heterocycles. The van der Waals surface area contributed by atoms with E-state index in [1.165, 1.54) is 11.3 Å². The molecular weight excluding hydrogens is 218 g/mol. The fourth-order valence-corrected chi connectivity index (χ4v) is 2.12. The van der Waals surface area contributed by atoms with Crippen LogP contribution in [0.15, 0.2) is 17.5 Å². The second-order valence-electron chi connectivity index (χ2n) is 4.91. The van der Waals surface area contributed by atoms with Gasteiger partial charge in [0.25, 0.3) is 0 Å². The molecule has 92 valence electrons. The zero-order chi connectivity index (χ0) is 11.9. The molecule has 0 bridgehead atoms. The van der Waals surface area contributed by atoms with Crippen LogP contribution in [-0.2, 0) is 11.3 Å². The summed E-state index contributed by atoms with van der Waals surface area (Å²) in [6.07, 6.45) is 1.19. The van der Waals surface area contributed by atoms with Crippen molar-refractivity contribution in [2.45, 2.75) is 33.8 Å². The fraction of sp³-hybridized carbons (Fsp3) is 0.692. The van der Waals surface area contributed by atoms with Crippen molar-refractivity contribution in [3.63, 3.8) is 0 Å². The highest BCUT2D eigenvalue weighted by Gasteiger charge is 2.17. The van der Waals surface area contributed by atoms with Gasteiger partial charge in [-0.25, -0.2) is 0 Å². The maximum atomic E-state index is 5.74. The molecule has 0 unspecified atom stereocenters. The largest absolute Gasteiger partial charge is 0.375 e. The molecule has 1 aromatic rings. The fourth-order valence-electron chi connectivity index (χ4n) is 1.48. The number of thiophene rings is 1. The number of ether oxygens (including phenoxy) is 1. The van der Waals surface area contributed by atoms with Crippen molar-refractivity contribution in [1.29, 1.82) is 0 Å². The first kappa shape index (κ1) is 13.7. The lowest BCUT2D eigenvalue weighted by molar-refractivity contribution is 0.0527. The molecule has 1 rings (SSSR count). The highest BCUT2D eigenvalue weighted by atomic mass is 32.1. The second-order valence-corrected chi connectivity index (χ2v) is 5.95. The summed E-state index contributed by atoms with van der Waals surface area (Å²) in [7, 11) is 0. The third-order valence-corrected chi connectivity index (χ3v) is 3.20. The predicted octanol–water partition coefficient (Wildman–Crippen LogP) is 3.29. The Morgan fingerprint density at radius 3 is 2.88 bits per heavy atom. The van der Waals surface area contributed by atoms with Gasteiger partial charge >= 0.3 is 0 Å². The van der Waals surface area contributed by atoms with Gasteiger partial charge < -0.3 is 10.1 Å². The third-order valence-electron chi connectivity index (χ3n) is 2.35. The summed E-state index contributed by atoms with van der Waals surface area (Å²) in [6.45, 7) is 10.3. The molecule has 1 N–H and O–H groups in total. The van der Waals surface area contributed by atoms with E-state index in [1.807, 2.05) is 0 Å².